The van der Waals surface area contributed by atoms with E-state index in [9.17, 15) is 9.90 Å². The summed E-state index contributed by atoms with van der Waals surface area (Å²) in [5.74, 6) is -0.990. The molecule has 0 saturated heterocycles. The molecular weight excluding hydrogens is 358 g/mol. The van der Waals surface area contributed by atoms with Gasteiger partial charge in [0.2, 0.25) is 0 Å². The molecule has 2 heterocycles. The second kappa shape index (κ2) is 6.89. The van der Waals surface area contributed by atoms with Gasteiger partial charge in [0.15, 0.2) is 5.65 Å². The Balaban J connectivity index is 2.14. The van der Waals surface area contributed by atoms with Crippen molar-refractivity contribution in [1.29, 1.82) is 0 Å². The molecular formula is C21H17N3O2S. The van der Waals surface area contributed by atoms with Gasteiger partial charge in [0, 0.05) is 23.1 Å². The highest BCUT2D eigenvalue weighted by Crippen LogP contribution is 2.39. The van der Waals surface area contributed by atoms with Gasteiger partial charge in [-0.3, -0.25) is 0 Å². The molecule has 2 aromatic heterocycles. The molecule has 6 heteroatoms. The standard InChI is InChI=1S/C21H17N3O2S/c1-24-20-15(18(23-24)14-11-7-4-8-12-14)19(27-2)16(21(25)26)17(22-20)13-9-5-3-6-10-13/h3-12H,1-2H3,(H,25,26). The van der Waals surface area contributed by atoms with Crippen molar-refractivity contribution >= 4 is 28.8 Å². The van der Waals surface area contributed by atoms with Crippen LogP contribution in [-0.4, -0.2) is 32.1 Å². The maximum atomic E-state index is 12.2. The molecule has 0 fully saturated rings. The molecule has 0 radical (unpaired) electrons. The third-order valence-electron chi connectivity index (χ3n) is 4.44. The van der Waals surface area contributed by atoms with Gasteiger partial charge < -0.3 is 5.11 Å². The Labute approximate surface area is 160 Å². The summed E-state index contributed by atoms with van der Waals surface area (Å²) in [7, 11) is 1.83. The molecule has 4 rings (SSSR count). The summed E-state index contributed by atoms with van der Waals surface area (Å²) >= 11 is 1.41. The van der Waals surface area contributed by atoms with E-state index in [0.717, 1.165) is 22.2 Å². The van der Waals surface area contributed by atoms with E-state index in [1.165, 1.54) is 11.8 Å². The van der Waals surface area contributed by atoms with Gasteiger partial charge >= 0.3 is 5.97 Å². The summed E-state index contributed by atoms with van der Waals surface area (Å²) in [5.41, 5.74) is 3.79. The number of hydrogen-bond acceptors (Lipinski definition) is 4. The highest BCUT2D eigenvalue weighted by molar-refractivity contribution is 7.99. The van der Waals surface area contributed by atoms with E-state index in [2.05, 4.69) is 5.10 Å². The van der Waals surface area contributed by atoms with Crippen molar-refractivity contribution in [2.75, 3.05) is 6.26 Å². The van der Waals surface area contributed by atoms with Crippen LogP contribution in [-0.2, 0) is 7.05 Å². The molecule has 0 aliphatic rings. The van der Waals surface area contributed by atoms with E-state index in [1.54, 1.807) is 4.68 Å². The number of carboxylic acids is 1. The molecule has 27 heavy (non-hydrogen) atoms. The zero-order valence-corrected chi connectivity index (χ0v) is 15.7. The summed E-state index contributed by atoms with van der Waals surface area (Å²) in [6.07, 6.45) is 1.89. The average Bonchev–Trinajstić information content (AvgIpc) is 3.04. The first-order chi connectivity index (χ1) is 13.1. The number of thioether (sulfide) groups is 1. The highest BCUT2D eigenvalue weighted by atomic mass is 32.2. The molecule has 0 saturated carbocycles. The minimum Gasteiger partial charge on any atom is -0.478 e. The van der Waals surface area contributed by atoms with Gasteiger partial charge in [-0.15, -0.1) is 11.8 Å². The maximum absolute atomic E-state index is 12.2. The molecule has 4 aromatic rings. The van der Waals surface area contributed by atoms with Crippen LogP contribution >= 0.6 is 11.8 Å². The van der Waals surface area contributed by atoms with Crippen LogP contribution in [0.25, 0.3) is 33.5 Å². The SMILES string of the molecule is CSc1c(C(=O)O)c(-c2ccccc2)nc2c1c(-c1ccccc1)nn2C. The van der Waals surface area contributed by atoms with E-state index in [4.69, 9.17) is 4.98 Å². The van der Waals surface area contributed by atoms with Gasteiger partial charge in [0.1, 0.15) is 11.3 Å². The maximum Gasteiger partial charge on any atom is 0.339 e. The minimum atomic E-state index is -0.990. The summed E-state index contributed by atoms with van der Waals surface area (Å²) in [6, 6.07) is 19.2. The van der Waals surface area contributed by atoms with Gasteiger partial charge in [-0.05, 0) is 6.26 Å². The molecule has 0 unspecified atom stereocenters. The minimum absolute atomic E-state index is 0.214. The lowest BCUT2D eigenvalue weighted by atomic mass is 10.0. The smallest absolute Gasteiger partial charge is 0.339 e. The number of benzene rings is 2. The average molecular weight is 375 g/mol. The van der Waals surface area contributed by atoms with Gasteiger partial charge in [-0.25, -0.2) is 14.5 Å². The van der Waals surface area contributed by atoms with Crippen molar-refractivity contribution < 1.29 is 9.90 Å². The lowest BCUT2D eigenvalue weighted by molar-refractivity contribution is 0.0694. The predicted octanol–water partition coefficient (Wildman–Crippen LogP) is 4.72. The summed E-state index contributed by atoms with van der Waals surface area (Å²) in [4.78, 5) is 17.6. The van der Waals surface area contributed by atoms with Crippen molar-refractivity contribution in [2.24, 2.45) is 7.05 Å². The van der Waals surface area contributed by atoms with Gasteiger partial charge in [0.05, 0.1) is 11.1 Å². The molecule has 0 spiro atoms. The van der Waals surface area contributed by atoms with Crippen molar-refractivity contribution in [1.82, 2.24) is 14.8 Å². The number of pyridine rings is 1. The molecule has 0 aliphatic carbocycles. The zero-order chi connectivity index (χ0) is 19.0. The topological polar surface area (TPSA) is 68.0 Å². The first-order valence-electron chi connectivity index (χ1n) is 8.40. The zero-order valence-electron chi connectivity index (χ0n) is 14.9. The molecule has 0 bridgehead atoms. The van der Waals surface area contributed by atoms with Gasteiger partial charge in [-0.1, -0.05) is 60.7 Å². The Morgan fingerprint density at radius 3 is 2.04 bits per heavy atom. The van der Waals surface area contributed by atoms with E-state index in [1.807, 2.05) is 74.0 Å². The van der Waals surface area contributed by atoms with Crippen molar-refractivity contribution in [3.8, 4) is 22.5 Å². The molecule has 5 nitrogen and oxygen atoms in total. The van der Waals surface area contributed by atoms with Crippen LogP contribution in [0.2, 0.25) is 0 Å². The van der Waals surface area contributed by atoms with E-state index in [-0.39, 0.29) is 5.56 Å². The number of aromatic nitrogens is 3. The molecule has 0 amide bonds. The molecule has 1 N–H and O–H groups in total. The Morgan fingerprint density at radius 2 is 1.52 bits per heavy atom. The quantitative estimate of drug-likeness (QED) is 0.523. The molecule has 0 aliphatic heterocycles. The molecule has 134 valence electrons. The number of nitrogens with zero attached hydrogens (tertiary/aromatic N) is 3. The predicted molar refractivity (Wildman–Crippen MR) is 108 cm³/mol. The molecule has 2 aromatic carbocycles. The van der Waals surface area contributed by atoms with E-state index >= 15 is 0 Å². The summed E-state index contributed by atoms with van der Waals surface area (Å²) < 4.78 is 1.72. The number of aryl methyl sites for hydroxylation is 1. The number of aromatic carboxylic acids is 1. The fourth-order valence-electron chi connectivity index (χ4n) is 3.25. The van der Waals surface area contributed by atoms with Crippen molar-refractivity contribution in [2.45, 2.75) is 4.90 Å². The van der Waals surface area contributed by atoms with Crippen LogP contribution in [0.1, 0.15) is 10.4 Å². The normalized spacial score (nSPS) is 11.0. The second-order valence-corrected chi connectivity index (χ2v) is 6.89. The van der Waals surface area contributed by atoms with Crippen LogP contribution in [0, 0.1) is 0 Å². The van der Waals surface area contributed by atoms with Crippen LogP contribution in [0.4, 0.5) is 0 Å². The first-order valence-corrected chi connectivity index (χ1v) is 9.63. The summed E-state index contributed by atoms with van der Waals surface area (Å²) in [6.45, 7) is 0. The lowest BCUT2D eigenvalue weighted by Gasteiger charge is -2.12. The monoisotopic (exact) mass is 375 g/mol. The van der Waals surface area contributed by atoms with Crippen molar-refractivity contribution in [3.05, 3.63) is 66.2 Å². The largest absolute Gasteiger partial charge is 0.478 e. The Kier molecular flexibility index (Phi) is 4.41. The number of fused-ring (bicyclic) bond motifs is 1. The third kappa shape index (κ3) is 2.88. The number of hydrogen-bond donors (Lipinski definition) is 1. The summed E-state index contributed by atoms with van der Waals surface area (Å²) in [5, 5.41) is 15.4. The number of rotatable bonds is 4. The first kappa shape index (κ1) is 17.3. The fraction of sp³-hybridized carbons (Fsp3) is 0.0952. The van der Waals surface area contributed by atoms with Crippen LogP contribution in [0.3, 0.4) is 0 Å². The number of carbonyl (C=O) groups is 1. The van der Waals surface area contributed by atoms with Crippen LogP contribution in [0.15, 0.2) is 65.6 Å². The van der Waals surface area contributed by atoms with Gasteiger partial charge in [0.25, 0.3) is 0 Å². The molecule has 0 atom stereocenters. The lowest BCUT2D eigenvalue weighted by Crippen LogP contribution is -2.06. The van der Waals surface area contributed by atoms with Crippen LogP contribution in [0.5, 0.6) is 0 Å². The third-order valence-corrected chi connectivity index (χ3v) is 5.25. The van der Waals surface area contributed by atoms with E-state index < -0.39 is 5.97 Å². The van der Waals surface area contributed by atoms with Gasteiger partial charge in [-0.2, -0.15) is 5.10 Å². The highest BCUT2D eigenvalue weighted by Gasteiger charge is 2.26. The Bertz CT molecular complexity index is 1140. The second-order valence-electron chi connectivity index (χ2n) is 6.08. The number of carboxylic acid groups (broad SMARTS) is 1. The van der Waals surface area contributed by atoms with Crippen molar-refractivity contribution in [3.63, 3.8) is 0 Å². The van der Waals surface area contributed by atoms with Crippen LogP contribution < -0.4 is 0 Å². The van der Waals surface area contributed by atoms with E-state index in [0.29, 0.717) is 16.2 Å². The fourth-order valence-corrected chi connectivity index (χ4v) is 4.03. The Morgan fingerprint density at radius 1 is 0.963 bits per heavy atom. The Hall–Kier alpha value is -3.12.